The molecule has 4 heterocycles. The van der Waals surface area contributed by atoms with E-state index in [1.54, 1.807) is 6.08 Å². The molecule has 41 heavy (non-hydrogen) atoms. The van der Waals surface area contributed by atoms with E-state index in [1.807, 2.05) is 0 Å². The lowest BCUT2D eigenvalue weighted by Crippen LogP contribution is -2.71. The number of carbonyl (C=O) groups excluding carboxylic acids is 2. The number of thiazole rings is 1. The molecule has 2 atom stereocenters. The number of carbonyl (C=O) groups is 4. The fourth-order valence-corrected chi connectivity index (χ4v) is 7.31. The van der Waals surface area contributed by atoms with Crippen LogP contribution in [0.3, 0.4) is 0 Å². The zero-order valence-corrected chi connectivity index (χ0v) is 23.6. The van der Waals surface area contributed by atoms with Gasteiger partial charge >= 0.3 is 11.9 Å². The van der Waals surface area contributed by atoms with Crippen molar-refractivity contribution in [3.8, 4) is 0 Å². The highest BCUT2D eigenvalue weighted by molar-refractivity contribution is 8.14. The minimum Gasteiger partial charge on any atom is -0.478 e. The summed E-state index contributed by atoms with van der Waals surface area (Å²) in [6.07, 6.45) is 2.71. The number of β-lactam (4-membered cyclic amide) rings is 1. The number of aliphatic imine (C=N–C) groups is 1. The number of nitrogens with zero attached hydrogens (tertiary/aromatic N) is 5. The highest BCUT2D eigenvalue weighted by atomic mass is 32.2. The van der Waals surface area contributed by atoms with Crippen molar-refractivity contribution in [1.29, 1.82) is 0 Å². The van der Waals surface area contributed by atoms with E-state index in [0.29, 0.717) is 29.5 Å². The summed E-state index contributed by atoms with van der Waals surface area (Å²) >= 11 is 3.52. The molecular weight excluding hydrogens is 598 g/mol. The maximum absolute atomic E-state index is 13.3. The molecule has 0 spiro atoms. The molecule has 1 aromatic heterocycles. The minimum atomic E-state index is -1.54. The van der Waals surface area contributed by atoms with Gasteiger partial charge in [0, 0.05) is 29.7 Å². The van der Waals surface area contributed by atoms with Crippen molar-refractivity contribution < 1.29 is 34.2 Å². The topological polar surface area (TPSA) is 252 Å². The Labute approximate surface area is 244 Å². The van der Waals surface area contributed by atoms with Gasteiger partial charge in [0.1, 0.15) is 28.6 Å². The van der Waals surface area contributed by atoms with Crippen LogP contribution in [0.1, 0.15) is 25.0 Å². The van der Waals surface area contributed by atoms with Gasteiger partial charge in [0.2, 0.25) is 5.60 Å². The van der Waals surface area contributed by atoms with Gasteiger partial charge in [-0.15, -0.1) is 23.1 Å². The Kier molecular flexibility index (Phi) is 7.86. The Morgan fingerprint density at radius 1 is 1.29 bits per heavy atom. The number of fused-ring (bicyclic) bond motifs is 1. The molecule has 5 rings (SSSR count). The van der Waals surface area contributed by atoms with Crippen molar-refractivity contribution >= 4 is 74.6 Å². The SMILES string of the molecule is NC1=CCN(N)C(SCC2=C(C(=O)O)N3C(=O)C(NC(=O)/C(=N\OC4(C(=O)O)CCC4)c4csc(N)n4)[C@@H]3SC2)=N1. The van der Waals surface area contributed by atoms with E-state index in [2.05, 4.69) is 20.4 Å². The molecule has 1 unspecified atom stereocenters. The Balaban J connectivity index is 1.32. The van der Waals surface area contributed by atoms with Gasteiger partial charge in [-0.25, -0.2) is 25.4 Å². The molecule has 0 radical (unpaired) electrons. The third-order valence-electron chi connectivity index (χ3n) is 6.72. The predicted octanol–water partition coefficient (Wildman–Crippen LogP) is -0.729. The van der Waals surface area contributed by atoms with E-state index in [9.17, 15) is 29.4 Å². The van der Waals surface area contributed by atoms with Gasteiger partial charge in [0.05, 0.1) is 6.54 Å². The number of nitrogens with one attached hydrogen (secondary N) is 1. The van der Waals surface area contributed by atoms with Crippen molar-refractivity contribution in [3.05, 3.63) is 34.2 Å². The second kappa shape index (κ2) is 11.2. The van der Waals surface area contributed by atoms with Crippen LogP contribution < -0.4 is 22.6 Å². The van der Waals surface area contributed by atoms with Gasteiger partial charge in [0.25, 0.3) is 11.8 Å². The number of carboxylic acids is 2. The largest absolute Gasteiger partial charge is 0.478 e. The van der Waals surface area contributed by atoms with Crippen LogP contribution in [0.2, 0.25) is 0 Å². The molecule has 1 aliphatic carbocycles. The molecule has 2 fully saturated rings. The van der Waals surface area contributed by atoms with E-state index in [-0.39, 0.29) is 46.6 Å². The van der Waals surface area contributed by atoms with E-state index in [1.165, 1.54) is 33.9 Å². The summed E-state index contributed by atoms with van der Waals surface area (Å²) in [5, 5.41) is 28.6. The molecule has 19 heteroatoms. The van der Waals surface area contributed by atoms with Gasteiger partial charge in [-0.1, -0.05) is 16.9 Å². The molecule has 1 aromatic rings. The summed E-state index contributed by atoms with van der Waals surface area (Å²) in [5.74, 6) is 2.73. The summed E-state index contributed by atoms with van der Waals surface area (Å²) in [6.45, 7) is 0.354. The van der Waals surface area contributed by atoms with Crippen LogP contribution in [0.15, 0.2) is 38.7 Å². The number of thioether (sulfide) groups is 2. The molecule has 16 nitrogen and oxygen atoms in total. The zero-order valence-electron chi connectivity index (χ0n) is 21.2. The lowest BCUT2D eigenvalue weighted by molar-refractivity contribution is -0.178. The first-order valence-electron chi connectivity index (χ1n) is 12.1. The van der Waals surface area contributed by atoms with Gasteiger partial charge in [-0.05, 0) is 18.1 Å². The second-order valence-electron chi connectivity index (χ2n) is 9.34. The number of amides is 2. The van der Waals surface area contributed by atoms with Crippen LogP contribution in [0, 0.1) is 0 Å². The molecule has 2 amide bonds. The second-order valence-corrected chi connectivity index (χ2v) is 12.3. The number of carboxylic acid groups (broad SMARTS) is 2. The standard InChI is InChI=1S/C22H25N9O7S3/c23-11-2-5-30(25)21(27-11)41-7-9-6-39-17-13(16(33)31(17)14(9)18(34)35)28-15(32)12(10-8-40-20(24)26-10)29-38-22(19(36)37)3-1-4-22/h2,8,13,17H,1,3-7,23,25H2,(H2,24,26)(H,28,32)(H,34,35)(H,36,37)/b29-12-/t13?,17-/m0/s1. The Morgan fingerprint density at radius 3 is 2.66 bits per heavy atom. The number of rotatable bonds is 9. The Morgan fingerprint density at radius 2 is 2.05 bits per heavy atom. The first kappa shape index (κ1) is 28.7. The monoisotopic (exact) mass is 623 g/mol. The molecule has 0 aromatic carbocycles. The van der Waals surface area contributed by atoms with E-state index in [4.69, 9.17) is 22.1 Å². The minimum absolute atomic E-state index is 0.0466. The van der Waals surface area contributed by atoms with Crippen molar-refractivity contribution in [2.75, 3.05) is 23.8 Å². The van der Waals surface area contributed by atoms with Crippen LogP contribution >= 0.6 is 34.9 Å². The highest BCUT2D eigenvalue weighted by Crippen LogP contribution is 2.41. The maximum atomic E-state index is 13.3. The van der Waals surface area contributed by atoms with Crippen molar-refractivity contribution in [1.82, 2.24) is 20.2 Å². The number of anilines is 1. The molecule has 0 bridgehead atoms. The van der Waals surface area contributed by atoms with Gasteiger partial charge in [-0.2, -0.15) is 0 Å². The number of hydrogen-bond donors (Lipinski definition) is 6. The fraction of sp³-hybridized carbons (Fsp3) is 0.409. The number of hydrogen-bond acceptors (Lipinski definition) is 15. The summed E-state index contributed by atoms with van der Waals surface area (Å²) < 4.78 is 0. The molecule has 1 saturated carbocycles. The van der Waals surface area contributed by atoms with Crippen LogP contribution in [0.4, 0.5) is 5.13 Å². The quantitative estimate of drug-likeness (QED) is 0.0859. The zero-order chi connectivity index (χ0) is 29.5. The summed E-state index contributed by atoms with van der Waals surface area (Å²) in [6, 6.07) is -1.07. The summed E-state index contributed by atoms with van der Waals surface area (Å²) in [7, 11) is 0. The van der Waals surface area contributed by atoms with Gasteiger partial charge in [-0.3, -0.25) is 19.5 Å². The average molecular weight is 624 g/mol. The van der Waals surface area contributed by atoms with Crippen molar-refractivity contribution in [2.45, 2.75) is 36.3 Å². The fourth-order valence-electron chi connectivity index (χ4n) is 4.34. The normalized spacial score (nSPS) is 23.5. The molecular formula is C22H25N9O7S3. The van der Waals surface area contributed by atoms with Gasteiger partial charge in [0.15, 0.2) is 16.0 Å². The van der Waals surface area contributed by atoms with Gasteiger partial charge < -0.3 is 31.8 Å². The van der Waals surface area contributed by atoms with Crippen LogP contribution in [0.25, 0.3) is 0 Å². The Bertz CT molecular complexity index is 1430. The molecule has 218 valence electrons. The summed E-state index contributed by atoms with van der Waals surface area (Å²) in [5.41, 5.74) is 9.92. The number of aromatic nitrogens is 1. The maximum Gasteiger partial charge on any atom is 0.352 e. The summed E-state index contributed by atoms with van der Waals surface area (Å²) in [4.78, 5) is 65.0. The van der Waals surface area contributed by atoms with Crippen molar-refractivity contribution in [2.24, 2.45) is 21.7 Å². The molecule has 3 aliphatic heterocycles. The smallest absolute Gasteiger partial charge is 0.352 e. The third kappa shape index (κ3) is 5.44. The Hall–Kier alpha value is -3.81. The average Bonchev–Trinajstić information content (AvgIpc) is 3.33. The van der Waals surface area contributed by atoms with E-state index >= 15 is 0 Å². The van der Waals surface area contributed by atoms with E-state index < -0.39 is 40.8 Å². The predicted molar refractivity (Wildman–Crippen MR) is 151 cm³/mol. The first-order chi connectivity index (χ1) is 19.5. The number of aliphatic carboxylic acids is 2. The molecule has 1 saturated heterocycles. The molecule has 9 N–H and O–H groups in total. The van der Waals surface area contributed by atoms with Crippen LogP contribution in [0.5, 0.6) is 0 Å². The van der Waals surface area contributed by atoms with Crippen LogP contribution in [-0.2, 0) is 24.0 Å². The number of amidine groups is 1. The van der Waals surface area contributed by atoms with E-state index in [0.717, 1.165) is 16.2 Å². The third-order valence-corrected chi connectivity index (χ3v) is 9.81. The highest BCUT2D eigenvalue weighted by Gasteiger charge is 2.54. The number of hydrazine groups is 1. The number of oxime groups is 1. The molecule has 4 aliphatic rings. The lowest BCUT2D eigenvalue weighted by atomic mass is 9.80. The lowest BCUT2D eigenvalue weighted by Gasteiger charge is -2.49. The number of nitrogen functional groups attached to an aromatic ring is 1. The first-order valence-corrected chi connectivity index (χ1v) is 15.0. The number of nitrogens with two attached hydrogens (primary N) is 3. The van der Waals surface area contributed by atoms with Crippen molar-refractivity contribution in [3.63, 3.8) is 0 Å². The van der Waals surface area contributed by atoms with Crippen LogP contribution in [-0.4, -0.2) is 94.8 Å².